The van der Waals surface area contributed by atoms with E-state index in [0.717, 1.165) is 5.02 Å². The number of hydrogen-bond donors (Lipinski definition) is 0. The van der Waals surface area contributed by atoms with Gasteiger partial charge in [0.2, 0.25) is 0 Å². The van der Waals surface area contributed by atoms with Crippen molar-refractivity contribution in [2.75, 3.05) is 0 Å². The molecule has 1 aliphatic heterocycles. The Kier molecular flexibility index (Phi) is 4.87. The smallest absolute Gasteiger partial charge is 0.129 e. The maximum Gasteiger partial charge on any atom is 0.129 e. The second kappa shape index (κ2) is 6.76. The Balaban J connectivity index is 1.89. The molecule has 1 nitrogen and oxygen atoms in total. The first kappa shape index (κ1) is 17.3. The van der Waals surface area contributed by atoms with Crippen molar-refractivity contribution in [3.05, 3.63) is 70.7 Å². The Labute approximate surface area is 151 Å². The molecule has 4 atom stereocenters. The van der Waals surface area contributed by atoms with Crippen LogP contribution in [0.3, 0.4) is 0 Å². The fourth-order valence-corrected chi connectivity index (χ4v) is 3.80. The number of benzene rings is 2. The van der Waals surface area contributed by atoms with Crippen LogP contribution in [-0.4, -0.2) is 19.0 Å². The molecule has 0 radical (unpaired) electrons. The normalized spacial score (nSPS) is 24.0. The van der Waals surface area contributed by atoms with E-state index in [1.165, 1.54) is 11.1 Å². The molecule has 3 heteroatoms. The highest BCUT2D eigenvalue weighted by atomic mass is 35.5. The van der Waals surface area contributed by atoms with Crippen molar-refractivity contribution in [2.24, 2.45) is 0 Å². The number of hydrogen-bond acceptors (Lipinski definition) is 1. The molecule has 0 aliphatic carbocycles. The van der Waals surface area contributed by atoms with Crippen LogP contribution in [0.1, 0.15) is 30.1 Å². The zero-order chi connectivity index (χ0) is 17.3. The predicted molar refractivity (Wildman–Crippen MR) is 106 cm³/mol. The average molecular weight is 354 g/mol. The summed E-state index contributed by atoms with van der Waals surface area (Å²) in [5.74, 6) is 3.57. The minimum Gasteiger partial charge on any atom is -0.272 e. The third kappa shape index (κ3) is 3.92. The summed E-state index contributed by atoms with van der Waals surface area (Å²) >= 11 is 6.05. The third-order valence-corrected chi connectivity index (χ3v) is 5.53. The summed E-state index contributed by atoms with van der Waals surface area (Å²) in [7, 11) is -1.37. The summed E-state index contributed by atoms with van der Waals surface area (Å²) in [4.78, 5) is 2.51. The first-order valence-corrected chi connectivity index (χ1v) is 12.4. The van der Waals surface area contributed by atoms with Gasteiger partial charge in [-0.05, 0) is 30.2 Å². The summed E-state index contributed by atoms with van der Waals surface area (Å²) < 4.78 is 0. The molecule has 0 saturated carbocycles. The molecular weight excluding hydrogens is 330 g/mol. The van der Waals surface area contributed by atoms with Crippen LogP contribution in [0, 0.1) is 11.5 Å². The van der Waals surface area contributed by atoms with E-state index in [2.05, 4.69) is 85.4 Å². The lowest BCUT2D eigenvalue weighted by Crippen LogP contribution is -2.17. The number of rotatable bonds is 3. The van der Waals surface area contributed by atoms with E-state index in [9.17, 15) is 0 Å². The quantitative estimate of drug-likeness (QED) is 0.388. The largest absolute Gasteiger partial charge is 0.272 e. The van der Waals surface area contributed by atoms with Gasteiger partial charge in [-0.1, -0.05) is 79.6 Å². The highest BCUT2D eigenvalue weighted by Gasteiger charge is 2.50. The summed E-state index contributed by atoms with van der Waals surface area (Å²) in [6.07, 6.45) is 0. The zero-order valence-corrected chi connectivity index (χ0v) is 16.5. The lowest BCUT2D eigenvalue weighted by molar-refractivity contribution is 0.398. The van der Waals surface area contributed by atoms with Gasteiger partial charge in [-0.2, -0.15) is 0 Å². The van der Waals surface area contributed by atoms with E-state index in [-0.39, 0.29) is 0 Å². The highest BCUT2D eigenvalue weighted by molar-refractivity contribution is 6.83. The molecule has 0 amide bonds. The van der Waals surface area contributed by atoms with Crippen LogP contribution in [0.15, 0.2) is 54.6 Å². The van der Waals surface area contributed by atoms with E-state index in [0.29, 0.717) is 18.1 Å². The van der Waals surface area contributed by atoms with Crippen LogP contribution in [0.2, 0.25) is 24.7 Å². The van der Waals surface area contributed by atoms with Crippen molar-refractivity contribution >= 4 is 19.7 Å². The van der Waals surface area contributed by atoms with Gasteiger partial charge in [0.25, 0.3) is 0 Å². The SMILES string of the molecule is C[C@@H](c1ccccc1)N1[C@@H](C#C[Si](C)(C)C)[C@@H]1c1ccc(Cl)cc1. The third-order valence-electron chi connectivity index (χ3n) is 4.39. The molecule has 1 unspecified atom stereocenters. The van der Waals surface area contributed by atoms with E-state index in [1.54, 1.807) is 0 Å². The maximum absolute atomic E-state index is 6.05. The van der Waals surface area contributed by atoms with Crippen molar-refractivity contribution in [3.8, 4) is 11.5 Å². The lowest BCUT2D eigenvalue weighted by Gasteiger charge is -2.14. The first-order valence-electron chi connectivity index (χ1n) is 8.47. The summed E-state index contributed by atoms with van der Waals surface area (Å²) in [6, 6.07) is 19.9. The Bertz CT molecular complexity index is 752. The standard InChI is InChI=1S/C21H24ClNSi/c1-16(17-8-6-5-7-9-17)23-20(14-15-24(2,3)4)21(23)18-10-12-19(22)13-11-18/h5-13,16,20-21H,1-4H3/t16-,20-,21-,23?/m0/s1. The van der Waals surface area contributed by atoms with Gasteiger partial charge < -0.3 is 0 Å². The Morgan fingerprint density at radius 1 is 1.00 bits per heavy atom. The van der Waals surface area contributed by atoms with E-state index >= 15 is 0 Å². The minimum atomic E-state index is -1.37. The summed E-state index contributed by atoms with van der Waals surface area (Å²) in [5, 5.41) is 0.784. The number of halogens is 1. The fraction of sp³-hybridized carbons (Fsp3) is 0.333. The van der Waals surface area contributed by atoms with Gasteiger partial charge in [-0.3, -0.25) is 4.90 Å². The van der Waals surface area contributed by atoms with Crippen LogP contribution < -0.4 is 0 Å². The molecule has 3 rings (SSSR count). The van der Waals surface area contributed by atoms with Gasteiger partial charge in [0.15, 0.2) is 0 Å². The molecule has 24 heavy (non-hydrogen) atoms. The molecule has 0 N–H and O–H groups in total. The van der Waals surface area contributed by atoms with Crippen molar-refractivity contribution in [1.29, 1.82) is 0 Å². The molecule has 1 heterocycles. The minimum absolute atomic E-state index is 0.299. The first-order chi connectivity index (χ1) is 11.4. The molecule has 2 aromatic rings. The zero-order valence-electron chi connectivity index (χ0n) is 14.8. The molecule has 0 spiro atoms. The van der Waals surface area contributed by atoms with Gasteiger partial charge >= 0.3 is 0 Å². The molecule has 1 saturated heterocycles. The lowest BCUT2D eigenvalue weighted by atomic mass is 10.1. The van der Waals surface area contributed by atoms with Crippen LogP contribution in [0.5, 0.6) is 0 Å². The molecule has 0 aromatic heterocycles. The highest BCUT2D eigenvalue weighted by Crippen LogP contribution is 2.49. The van der Waals surface area contributed by atoms with Crippen LogP contribution in [0.25, 0.3) is 0 Å². The van der Waals surface area contributed by atoms with E-state index < -0.39 is 8.07 Å². The molecule has 0 bridgehead atoms. The topological polar surface area (TPSA) is 3.01 Å². The van der Waals surface area contributed by atoms with Gasteiger partial charge in [0.05, 0.1) is 12.1 Å². The van der Waals surface area contributed by atoms with Crippen molar-refractivity contribution in [3.63, 3.8) is 0 Å². The van der Waals surface area contributed by atoms with Gasteiger partial charge in [0.1, 0.15) is 8.07 Å². The Morgan fingerprint density at radius 2 is 1.62 bits per heavy atom. The van der Waals surface area contributed by atoms with Gasteiger partial charge in [-0.15, -0.1) is 5.54 Å². The van der Waals surface area contributed by atoms with Gasteiger partial charge in [-0.25, -0.2) is 0 Å². The Hall–Kier alpha value is -1.53. The summed E-state index contributed by atoms with van der Waals surface area (Å²) in [6.45, 7) is 9.16. The predicted octanol–water partition coefficient (Wildman–Crippen LogP) is 5.71. The van der Waals surface area contributed by atoms with Crippen molar-refractivity contribution in [1.82, 2.24) is 4.90 Å². The maximum atomic E-state index is 6.05. The monoisotopic (exact) mass is 353 g/mol. The van der Waals surface area contributed by atoms with Crippen LogP contribution >= 0.6 is 11.6 Å². The van der Waals surface area contributed by atoms with Crippen LogP contribution in [-0.2, 0) is 0 Å². The van der Waals surface area contributed by atoms with Crippen molar-refractivity contribution in [2.45, 2.75) is 44.7 Å². The fourth-order valence-electron chi connectivity index (χ4n) is 3.09. The number of nitrogens with zero attached hydrogens (tertiary/aromatic N) is 1. The molecule has 1 fully saturated rings. The van der Waals surface area contributed by atoms with E-state index in [4.69, 9.17) is 11.6 Å². The van der Waals surface area contributed by atoms with Gasteiger partial charge in [0, 0.05) is 11.1 Å². The molecule has 1 aliphatic rings. The Morgan fingerprint density at radius 3 is 2.21 bits per heavy atom. The molecule has 124 valence electrons. The second-order valence-electron chi connectivity index (χ2n) is 7.49. The molecular formula is C21H24ClNSi. The van der Waals surface area contributed by atoms with Crippen LogP contribution in [0.4, 0.5) is 0 Å². The average Bonchev–Trinajstić information content (AvgIpc) is 3.27. The second-order valence-corrected chi connectivity index (χ2v) is 12.7. The van der Waals surface area contributed by atoms with E-state index in [1.807, 2.05) is 12.1 Å². The molecule has 2 aromatic carbocycles. The van der Waals surface area contributed by atoms with Crippen molar-refractivity contribution < 1.29 is 0 Å². The summed E-state index contributed by atoms with van der Waals surface area (Å²) in [5.41, 5.74) is 6.20.